The van der Waals surface area contributed by atoms with E-state index in [0.717, 1.165) is 31.0 Å². The zero-order valence-electron chi connectivity index (χ0n) is 12.6. The molecule has 5 heteroatoms. The van der Waals surface area contributed by atoms with Crippen LogP contribution in [0.5, 0.6) is 5.75 Å². The Balaban J connectivity index is 1.75. The highest BCUT2D eigenvalue weighted by atomic mass is 16.3. The minimum absolute atomic E-state index is 0.156. The van der Waals surface area contributed by atoms with E-state index in [4.69, 9.17) is 0 Å². The quantitative estimate of drug-likeness (QED) is 0.887. The van der Waals surface area contributed by atoms with E-state index in [1.165, 1.54) is 12.0 Å². The first-order valence-electron chi connectivity index (χ1n) is 7.66. The Morgan fingerprint density at radius 2 is 2.05 bits per heavy atom. The molecule has 3 rings (SSSR count). The molecule has 0 spiro atoms. The zero-order chi connectivity index (χ0) is 14.8. The highest BCUT2D eigenvalue weighted by Crippen LogP contribution is 2.25. The average molecular weight is 286 g/mol. The fraction of sp³-hybridized carbons (Fsp3) is 0.500. The van der Waals surface area contributed by atoms with Gasteiger partial charge in [0.15, 0.2) is 0 Å². The number of hydrogen-bond acceptors (Lipinski definition) is 4. The number of nitrogens with one attached hydrogen (secondary N) is 1. The molecule has 0 radical (unpaired) electrons. The van der Waals surface area contributed by atoms with E-state index in [0.29, 0.717) is 5.75 Å². The SMILES string of the molecule is CCC(NC(C)c1nnc2n1CCC2)c1ccc(O)cc1. The molecule has 0 fully saturated rings. The predicted octanol–water partition coefficient (Wildman–Crippen LogP) is 2.73. The standard InChI is InChI=1S/C16H22N4O/c1-3-14(12-6-8-13(21)9-7-12)17-11(2)16-19-18-15-5-4-10-20(15)16/h6-9,11,14,17,21H,3-5,10H2,1-2H3. The number of rotatable bonds is 5. The molecule has 2 unspecified atom stereocenters. The molecule has 2 aromatic rings. The van der Waals surface area contributed by atoms with Crippen molar-refractivity contribution in [1.82, 2.24) is 20.1 Å². The molecule has 2 heterocycles. The van der Waals surface area contributed by atoms with E-state index in [9.17, 15) is 5.11 Å². The van der Waals surface area contributed by atoms with Gasteiger partial charge in [-0.25, -0.2) is 0 Å². The van der Waals surface area contributed by atoms with Crippen molar-refractivity contribution in [3.63, 3.8) is 0 Å². The van der Waals surface area contributed by atoms with Crippen molar-refractivity contribution >= 4 is 0 Å². The molecule has 0 bridgehead atoms. The maximum Gasteiger partial charge on any atom is 0.149 e. The lowest BCUT2D eigenvalue weighted by Crippen LogP contribution is -2.26. The highest BCUT2D eigenvalue weighted by molar-refractivity contribution is 5.28. The molecule has 1 aliphatic rings. The summed E-state index contributed by atoms with van der Waals surface area (Å²) < 4.78 is 2.24. The highest BCUT2D eigenvalue weighted by Gasteiger charge is 2.23. The topological polar surface area (TPSA) is 63.0 Å². The van der Waals surface area contributed by atoms with E-state index in [2.05, 4.69) is 33.9 Å². The number of nitrogens with zero attached hydrogens (tertiary/aromatic N) is 3. The average Bonchev–Trinajstić information content (AvgIpc) is 3.08. The second-order valence-corrected chi connectivity index (χ2v) is 5.67. The summed E-state index contributed by atoms with van der Waals surface area (Å²) in [5.74, 6) is 2.44. The van der Waals surface area contributed by atoms with Crippen molar-refractivity contribution in [1.29, 1.82) is 0 Å². The van der Waals surface area contributed by atoms with Gasteiger partial charge in [-0.2, -0.15) is 0 Å². The van der Waals surface area contributed by atoms with Crippen LogP contribution in [-0.4, -0.2) is 19.9 Å². The molecule has 1 aliphatic heterocycles. The second kappa shape index (κ2) is 5.85. The summed E-state index contributed by atoms with van der Waals surface area (Å²) in [4.78, 5) is 0. The first-order chi connectivity index (χ1) is 10.2. The molecule has 2 atom stereocenters. The maximum atomic E-state index is 9.41. The molecule has 0 aliphatic carbocycles. The lowest BCUT2D eigenvalue weighted by molar-refractivity contribution is 0.429. The largest absolute Gasteiger partial charge is 0.508 e. The van der Waals surface area contributed by atoms with Gasteiger partial charge >= 0.3 is 0 Å². The summed E-state index contributed by atoms with van der Waals surface area (Å²) in [6.07, 6.45) is 3.19. The monoisotopic (exact) mass is 286 g/mol. The van der Waals surface area contributed by atoms with Crippen molar-refractivity contribution in [2.45, 2.75) is 51.7 Å². The van der Waals surface area contributed by atoms with Crippen LogP contribution in [-0.2, 0) is 13.0 Å². The molecular formula is C16H22N4O. The molecule has 1 aromatic carbocycles. The van der Waals surface area contributed by atoms with Crippen molar-refractivity contribution in [3.05, 3.63) is 41.5 Å². The van der Waals surface area contributed by atoms with Gasteiger partial charge in [0.05, 0.1) is 6.04 Å². The lowest BCUT2D eigenvalue weighted by Gasteiger charge is -2.22. The number of phenolic OH excluding ortho intramolecular Hbond substituents is 1. The summed E-state index contributed by atoms with van der Waals surface area (Å²) in [5, 5.41) is 21.7. The lowest BCUT2D eigenvalue weighted by atomic mass is 10.0. The Morgan fingerprint density at radius 3 is 2.76 bits per heavy atom. The van der Waals surface area contributed by atoms with Crippen LogP contribution >= 0.6 is 0 Å². The van der Waals surface area contributed by atoms with Crippen molar-refractivity contribution in [2.75, 3.05) is 0 Å². The van der Waals surface area contributed by atoms with Crippen LogP contribution in [0, 0.1) is 0 Å². The normalized spacial score (nSPS) is 16.7. The number of hydrogen-bond donors (Lipinski definition) is 2. The first kappa shape index (κ1) is 14.1. The Hall–Kier alpha value is -1.88. The molecule has 21 heavy (non-hydrogen) atoms. The van der Waals surface area contributed by atoms with Crippen LogP contribution in [0.3, 0.4) is 0 Å². The van der Waals surface area contributed by atoms with Crippen LogP contribution in [0.2, 0.25) is 0 Å². The third-order valence-electron chi connectivity index (χ3n) is 4.18. The summed E-state index contributed by atoms with van der Waals surface area (Å²) in [5.41, 5.74) is 1.18. The minimum Gasteiger partial charge on any atom is -0.508 e. The minimum atomic E-state index is 0.156. The van der Waals surface area contributed by atoms with Crippen LogP contribution in [0.15, 0.2) is 24.3 Å². The van der Waals surface area contributed by atoms with Crippen LogP contribution in [0.1, 0.15) is 56.0 Å². The Morgan fingerprint density at radius 1 is 1.29 bits per heavy atom. The number of phenols is 1. The van der Waals surface area contributed by atoms with E-state index in [1.807, 2.05) is 12.1 Å². The Kier molecular flexibility index (Phi) is 3.92. The van der Waals surface area contributed by atoms with Gasteiger partial charge in [-0.15, -0.1) is 10.2 Å². The molecule has 0 saturated heterocycles. The van der Waals surface area contributed by atoms with Gasteiger partial charge < -0.3 is 15.0 Å². The molecule has 0 amide bonds. The summed E-state index contributed by atoms with van der Waals surface area (Å²) >= 11 is 0. The van der Waals surface area contributed by atoms with E-state index in [1.54, 1.807) is 12.1 Å². The first-order valence-corrected chi connectivity index (χ1v) is 7.66. The van der Waals surface area contributed by atoms with Crippen molar-refractivity contribution in [3.8, 4) is 5.75 Å². The van der Waals surface area contributed by atoms with Crippen LogP contribution < -0.4 is 5.32 Å². The fourth-order valence-corrected chi connectivity index (χ4v) is 3.03. The van der Waals surface area contributed by atoms with Gasteiger partial charge in [0, 0.05) is 19.0 Å². The Bertz CT molecular complexity index is 605. The molecule has 0 saturated carbocycles. The second-order valence-electron chi connectivity index (χ2n) is 5.67. The van der Waals surface area contributed by atoms with Crippen molar-refractivity contribution < 1.29 is 5.11 Å². The molecule has 1 aromatic heterocycles. The molecule has 5 nitrogen and oxygen atoms in total. The summed E-state index contributed by atoms with van der Waals surface area (Å²) in [6.45, 7) is 5.32. The van der Waals surface area contributed by atoms with Gasteiger partial charge in [-0.1, -0.05) is 19.1 Å². The summed E-state index contributed by atoms with van der Waals surface area (Å²) in [6, 6.07) is 7.81. The van der Waals surface area contributed by atoms with Gasteiger partial charge in [0.2, 0.25) is 0 Å². The van der Waals surface area contributed by atoms with Crippen LogP contribution in [0.4, 0.5) is 0 Å². The van der Waals surface area contributed by atoms with Crippen molar-refractivity contribution in [2.24, 2.45) is 0 Å². The molecule has 2 N–H and O–H groups in total. The van der Waals surface area contributed by atoms with Gasteiger partial charge in [0.1, 0.15) is 17.4 Å². The molecular weight excluding hydrogens is 264 g/mol. The number of aromatic nitrogens is 3. The maximum absolute atomic E-state index is 9.41. The number of aromatic hydroxyl groups is 1. The van der Waals surface area contributed by atoms with Gasteiger partial charge in [0.25, 0.3) is 0 Å². The van der Waals surface area contributed by atoms with E-state index < -0.39 is 0 Å². The smallest absolute Gasteiger partial charge is 0.149 e. The van der Waals surface area contributed by atoms with Crippen LogP contribution in [0.25, 0.3) is 0 Å². The van der Waals surface area contributed by atoms with E-state index in [-0.39, 0.29) is 12.1 Å². The number of aryl methyl sites for hydroxylation is 1. The van der Waals surface area contributed by atoms with E-state index >= 15 is 0 Å². The third kappa shape index (κ3) is 2.78. The fourth-order valence-electron chi connectivity index (χ4n) is 3.03. The van der Waals surface area contributed by atoms with Gasteiger partial charge in [-0.05, 0) is 37.5 Å². The number of fused-ring (bicyclic) bond motifs is 1. The molecule has 112 valence electrons. The summed E-state index contributed by atoms with van der Waals surface area (Å²) in [7, 11) is 0. The third-order valence-corrected chi connectivity index (χ3v) is 4.18. The van der Waals surface area contributed by atoms with Gasteiger partial charge in [-0.3, -0.25) is 0 Å². The zero-order valence-corrected chi connectivity index (χ0v) is 12.6. The Labute approximate surface area is 125 Å². The predicted molar refractivity (Wildman–Crippen MR) is 81.0 cm³/mol. The number of benzene rings is 1.